The third-order valence-corrected chi connectivity index (χ3v) is 9.93. The molecule has 0 spiro atoms. The van der Waals surface area contributed by atoms with Gasteiger partial charge in [-0.05, 0) is 73.7 Å². The van der Waals surface area contributed by atoms with Gasteiger partial charge in [0.15, 0.2) is 9.84 Å². The van der Waals surface area contributed by atoms with Crippen LogP contribution in [0.5, 0.6) is 0 Å². The molecular formula is C32H31F9N4O6S. The van der Waals surface area contributed by atoms with E-state index >= 15 is 0 Å². The maximum absolute atomic E-state index is 13.8. The van der Waals surface area contributed by atoms with E-state index in [1.807, 2.05) is 0 Å². The number of benzene rings is 2. The van der Waals surface area contributed by atoms with Gasteiger partial charge in [-0.3, -0.25) is 9.69 Å². The van der Waals surface area contributed by atoms with Gasteiger partial charge in [-0.2, -0.15) is 39.5 Å². The summed E-state index contributed by atoms with van der Waals surface area (Å²) in [6, 6.07) is 1.56. The van der Waals surface area contributed by atoms with Crippen LogP contribution in [0.15, 0.2) is 47.5 Å². The lowest BCUT2D eigenvalue weighted by Crippen LogP contribution is -2.46. The van der Waals surface area contributed by atoms with E-state index in [0.717, 1.165) is 24.4 Å². The summed E-state index contributed by atoms with van der Waals surface area (Å²) in [5.41, 5.74) is -5.65. The Morgan fingerprint density at radius 1 is 0.942 bits per heavy atom. The van der Waals surface area contributed by atoms with Gasteiger partial charge < -0.3 is 15.2 Å². The number of hydrogen-bond acceptors (Lipinski definition) is 8. The predicted molar refractivity (Wildman–Crippen MR) is 166 cm³/mol. The normalized spacial score (nSPS) is 16.7. The largest absolute Gasteiger partial charge is 0.481 e. The second-order valence-corrected chi connectivity index (χ2v) is 13.8. The van der Waals surface area contributed by atoms with Gasteiger partial charge in [0.25, 0.3) is 0 Å². The fourth-order valence-corrected chi connectivity index (χ4v) is 7.15. The van der Waals surface area contributed by atoms with Crippen molar-refractivity contribution < 1.29 is 67.4 Å². The average Bonchev–Trinajstić information content (AvgIpc) is 3.02. The van der Waals surface area contributed by atoms with E-state index in [1.54, 1.807) is 6.92 Å². The first kappa shape index (κ1) is 40.2. The van der Waals surface area contributed by atoms with Crippen LogP contribution in [0.1, 0.15) is 79.1 Å². The number of nitrogens with one attached hydrogen (secondary N) is 1. The molecule has 3 aromatic rings. The quantitative estimate of drug-likeness (QED) is 0.186. The van der Waals surface area contributed by atoms with Crippen LogP contribution in [0.25, 0.3) is 0 Å². The Morgan fingerprint density at radius 3 is 2.10 bits per heavy atom. The Hall–Kier alpha value is -4.62. The fourth-order valence-electron chi connectivity index (χ4n) is 5.71. The highest BCUT2D eigenvalue weighted by Gasteiger charge is 2.40. The summed E-state index contributed by atoms with van der Waals surface area (Å²) in [5, 5.41) is 11.7. The van der Waals surface area contributed by atoms with Crippen LogP contribution < -0.4 is 10.2 Å². The first-order chi connectivity index (χ1) is 24.0. The number of aliphatic carboxylic acids is 1. The molecule has 1 aromatic heterocycles. The Morgan fingerprint density at radius 2 is 1.56 bits per heavy atom. The summed E-state index contributed by atoms with van der Waals surface area (Å²) in [6.07, 6.45) is -17.0. The predicted octanol–water partition coefficient (Wildman–Crippen LogP) is 8.06. The summed E-state index contributed by atoms with van der Waals surface area (Å²) < 4.78 is 155. The molecule has 1 aliphatic rings. The number of ether oxygens (including phenoxy) is 1. The van der Waals surface area contributed by atoms with Crippen LogP contribution in [-0.4, -0.2) is 54.0 Å². The van der Waals surface area contributed by atoms with Crippen LogP contribution in [0.3, 0.4) is 0 Å². The molecule has 4 rings (SSSR count). The highest BCUT2D eigenvalue weighted by atomic mass is 32.2. The van der Waals surface area contributed by atoms with Gasteiger partial charge in [0, 0.05) is 18.9 Å². The number of alkyl halides is 9. The highest BCUT2D eigenvalue weighted by Crippen LogP contribution is 2.43. The van der Waals surface area contributed by atoms with Crippen LogP contribution >= 0.6 is 0 Å². The molecule has 0 unspecified atom stereocenters. The summed E-state index contributed by atoms with van der Waals surface area (Å²) in [5.74, 6) is -2.57. The van der Waals surface area contributed by atoms with E-state index in [1.165, 1.54) is 11.8 Å². The molecule has 0 fully saturated rings. The van der Waals surface area contributed by atoms with E-state index in [2.05, 4.69) is 15.3 Å². The summed E-state index contributed by atoms with van der Waals surface area (Å²) in [7, 11) is -4.48. The summed E-state index contributed by atoms with van der Waals surface area (Å²) in [6.45, 7) is 3.20. The number of hydrogen-bond donors (Lipinski definition) is 2. The van der Waals surface area contributed by atoms with Crippen LogP contribution in [0.2, 0.25) is 0 Å². The fraction of sp³-hybridized carbons (Fsp3) is 0.438. The van der Waals surface area contributed by atoms with Crippen molar-refractivity contribution in [1.29, 1.82) is 0 Å². The van der Waals surface area contributed by atoms with Crippen LogP contribution in [0.4, 0.5) is 55.9 Å². The number of aromatic nitrogens is 2. The molecule has 284 valence electrons. The van der Waals surface area contributed by atoms with Crippen molar-refractivity contribution in [2.45, 2.75) is 81.5 Å². The molecular weight excluding hydrogens is 739 g/mol. The number of nitrogens with zero attached hydrogens (tertiary/aromatic N) is 3. The third-order valence-electron chi connectivity index (χ3n) is 8.09. The first-order valence-electron chi connectivity index (χ1n) is 15.6. The maximum atomic E-state index is 13.8. The number of fused-ring (bicyclic) bond motifs is 1. The molecule has 0 saturated carbocycles. The van der Waals surface area contributed by atoms with E-state index in [9.17, 15) is 57.5 Å². The Bertz CT molecular complexity index is 1890. The number of carboxylic acid groups (broad SMARTS) is 1. The topological polar surface area (TPSA) is 139 Å². The molecule has 2 N–H and O–H groups in total. The van der Waals surface area contributed by atoms with Crippen molar-refractivity contribution in [2.24, 2.45) is 0 Å². The number of rotatable bonds is 11. The van der Waals surface area contributed by atoms with Crippen molar-refractivity contribution in [3.8, 4) is 0 Å². The molecule has 2 heterocycles. The van der Waals surface area contributed by atoms with Gasteiger partial charge in [0.1, 0.15) is 4.90 Å². The molecule has 0 bridgehead atoms. The van der Waals surface area contributed by atoms with Crippen molar-refractivity contribution in [3.63, 3.8) is 0 Å². The molecule has 0 saturated heterocycles. The zero-order valence-electron chi connectivity index (χ0n) is 27.3. The van der Waals surface area contributed by atoms with E-state index in [4.69, 9.17) is 9.84 Å². The Kier molecular flexibility index (Phi) is 11.7. The van der Waals surface area contributed by atoms with Crippen molar-refractivity contribution in [3.05, 3.63) is 76.1 Å². The van der Waals surface area contributed by atoms with Crippen molar-refractivity contribution >= 4 is 33.5 Å². The Labute approximate surface area is 290 Å². The lowest BCUT2D eigenvalue weighted by atomic mass is 9.89. The number of amides is 1. The highest BCUT2D eigenvalue weighted by molar-refractivity contribution is 7.91. The zero-order valence-corrected chi connectivity index (χ0v) is 28.1. The molecule has 1 aliphatic heterocycles. The van der Waals surface area contributed by atoms with E-state index < -0.39 is 116 Å². The minimum Gasteiger partial charge on any atom is -0.481 e. The smallest absolute Gasteiger partial charge is 0.416 e. The second kappa shape index (κ2) is 15.2. The zero-order chi connectivity index (χ0) is 38.8. The lowest BCUT2D eigenvalue weighted by molar-refractivity contribution is -0.143. The van der Waals surface area contributed by atoms with Crippen molar-refractivity contribution in [2.75, 3.05) is 22.6 Å². The van der Waals surface area contributed by atoms with Crippen LogP contribution in [0, 0.1) is 0 Å². The average molecular weight is 771 g/mol. The standard InChI is InChI=1S/C32H31F9N4O6S/c1-3-21-15-23(22-14-18(30(33,34)35)7-8-25(22)45(21)29(48)51-4-2)43-28-42-16-26(52(49,50)9-5-6-27(46)47)24(44-28)12-17-10-19(31(36,37)38)13-20(11-17)32(39,40)41/h7-8,10-11,13-14,16,21,23H,3-6,9,12,15H2,1-2H3,(H,46,47)(H,42,43,44)/t21-,23+/m1/s1. The van der Waals surface area contributed by atoms with E-state index in [-0.39, 0.29) is 36.8 Å². The summed E-state index contributed by atoms with van der Waals surface area (Å²) in [4.78, 5) is 32.5. The number of carboxylic acids is 1. The Balaban J connectivity index is 1.85. The van der Waals surface area contributed by atoms with Gasteiger partial charge in [0.2, 0.25) is 5.95 Å². The monoisotopic (exact) mass is 770 g/mol. The second-order valence-electron chi connectivity index (χ2n) is 11.7. The molecule has 0 radical (unpaired) electrons. The van der Waals surface area contributed by atoms with Crippen molar-refractivity contribution in [1.82, 2.24) is 9.97 Å². The van der Waals surface area contributed by atoms with Gasteiger partial charge in [0.05, 0.1) is 52.7 Å². The molecule has 20 heteroatoms. The number of sulfone groups is 1. The molecule has 2 atom stereocenters. The van der Waals surface area contributed by atoms with Crippen LogP contribution in [-0.2, 0) is 44.3 Å². The first-order valence-corrected chi connectivity index (χ1v) is 17.2. The minimum atomic E-state index is -5.23. The van der Waals surface area contributed by atoms with Gasteiger partial charge in [-0.25, -0.2) is 23.2 Å². The molecule has 1 amide bonds. The summed E-state index contributed by atoms with van der Waals surface area (Å²) >= 11 is 0. The number of carbonyl (C=O) groups is 2. The number of halogens is 9. The number of anilines is 2. The number of carbonyl (C=O) groups excluding carboxylic acids is 1. The van der Waals surface area contributed by atoms with Gasteiger partial charge in [-0.1, -0.05) is 6.92 Å². The minimum absolute atomic E-state index is 0.0397. The molecule has 2 aromatic carbocycles. The molecule has 10 nitrogen and oxygen atoms in total. The van der Waals surface area contributed by atoms with Gasteiger partial charge in [-0.15, -0.1) is 0 Å². The van der Waals surface area contributed by atoms with Gasteiger partial charge >= 0.3 is 30.6 Å². The molecule has 0 aliphatic carbocycles. The SMILES string of the molecule is CCOC(=O)N1c2ccc(C(F)(F)F)cc2[C@@H](Nc2ncc(S(=O)(=O)CCCC(=O)O)c(Cc3cc(C(F)(F)F)cc(C(F)(F)F)c3)n2)C[C@H]1CC. The molecule has 52 heavy (non-hydrogen) atoms. The maximum Gasteiger partial charge on any atom is 0.416 e. The lowest BCUT2D eigenvalue weighted by Gasteiger charge is -2.40. The van der Waals surface area contributed by atoms with E-state index in [0.29, 0.717) is 12.1 Å². The third kappa shape index (κ3) is 9.43.